The van der Waals surface area contributed by atoms with Gasteiger partial charge in [-0.2, -0.15) is 0 Å². The predicted molar refractivity (Wildman–Crippen MR) is 127 cm³/mol. The highest BCUT2D eigenvalue weighted by Gasteiger charge is 2.45. The van der Waals surface area contributed by atoms with E-state index in [1.807, 2.05) is 50.2 Å². The number of carbonyl (C=O) groups is 1. The Labute approximate surface area is 191 Å². The van der Waals surface area contributed by atoms with Gasteiger partial charge in [0.1, 0.15) is 11.3 Å². The first-order valence-electron chi connectivity index (χ1n) is 11.0. The minimum atomic E-state index is -0.659. The summed E-state index contributed by atoms with van der Waals surface area (Å²) in [4.78, 5) is 28.8. The van der Waals surface area contributed by atoms with Crippen LogP contribution in [0.25, 0.3) is 11.0 Å². The second kappa shape index (κ2) is 7.17. The highest BCUT2D eigenvalue weighted by Crippen LogP contribution is 2.41. The number of rotatable bonds is 2. The number of nitrogens with zero attached hydrogens (tertiary/aromatic N) is 2. The summed E-state index contributed by atoms with van der Waals surface area (Å²) < 4.78 is 11.3. The topological polar surface area (TPSA) is 76.6 Å². The molecule has 2 aromatic heterocycles. The number of hydrogen-bond acceptors (Lipinski definition) is 5. The Bertz CT molecular complexity index is 1470. The summed E-state index contributed by atoms with van der Waals surface area (Å²) in [5.74, 6) is 0.581. The van der Waals surface area contributed by atoms with Gasteiger partial charge in [-0.1, -0.05) is 50.2 Å². The summed E-state index contributed by atoms with van der Waals surface area (Å²) >= 11 is 0. The summed E-state index contributed by atoms with van der Waals surface area (Å²) in [6.45, 7) is 12.1. The van der Waals surface area contributed by atoms with Crippen LogP contribution in [0.15, 0.2) is 56.2 Å². The van der Waals surface area contributed by atoms with Gasteiger partial charge < -0.3 is 8.94 Å². The van der Waals surface area contributed by atoms with Crippen LogP contribution in [0.2, 0.25) is 0 Å². The molecule has 1 atom stereocenters. The number of hydrogen-bond donors (Lipinski definition) is 0. The molecule has 1 amide bonds. The van der Waals surface area contributed by atoms with Crippen molar-refractivity contribution in [1.29, 1.82) is 0 Å². The summed E-state index contributed by atoms with van der Waals surface area (Å²) in [5, 5.41) is 4.55. The monoisotopic (exact) mass is 442 g/mol. The zero-order valence-corrected chi connectivity index (χ0v) is 19.6. The number of carbonyl (C=O) groups excluding carboxylic acids is 1. The van der Waals surface area contributed by atoms with Crippen LogP contribution in [0.1, 0.15) is 70.9 Å². The van der Waals surface area contributed by atoms with Gasteiger partial charge in [-0.15, -0.1) is 0 Å². The van der Waals surface area contributed by atoms with E-state index in [1.54, 1.807) is 13.0 Å². The van der Waals surface area contributed by atoms with E-state index in [4.69, 9.17) is 8.94 Å². The molecule has 0 saturated heterocycles. The summed E-state index contributed by atoms with van der Waals surface area (Å²) in [6, 6.07) is 12.7. The molecule has 6 nitrogen and oxygen atoms in total. The van der Waals surface area contributed by atoms with Crippen LogP contribution in [0, 0.1) is 20.8 Å². The fourth-order valence-electron chi connectivity index (χ4n) is 4.41. The number of fused-ring (bicyclic) bond motifs is 2. The molecule has 1 aliphatic heterocycles. The van der Waals surface area contributed by atoms with E-state index in [1.165, 1.54) is 4.90 Å². The van der Waals surface area contributed by atoms with Gasteiger partial charge in [0, 0.05) is 6.07 Å². The highest BCUT2D eigenvalue weighted by molar-refractivity contribution is 6.10. The Balaban J connectivity index is 1.78. The van der Waals surface area contributed by atoms with E-state index in [0.717, 1.165) is 22.3 Å². The Morgan fingerprint density at radius 1 is 0.939 bits per heavy atom. The lowest BCUT2D eigenvalue weighted by Crippen LogP contribution is -2.29. The highest BCUT2D eigenvalue weighted by atomic mass is 16.5. The van der Waals surface area contributed by atoms with Gasteiger partial charge in [-0.25, -0.2) is 0 Å². The molecule has 168 valence electrons. The predicted octanol–water partition coefficient (Wildman–Crippen LogP) is 5.75. The minimum Gasteiger partial charge on any atom is -0.450 e. The van der Waals surface area contributed by atoms with Crippen molar-refractivity contribution in [2.24, 2.45) is 0 Å². The molecule has 0 aliphatic carbocycles. The smallest absolute Gasteiger partial charge is 0.296 e. The Kier molecular flexibility index (Phi) is 4.60. The third-order valence-electron chi connectivity index (χ3n) is 6.44. The normalized spacial score (nSPS) is 16.0. The van der Waals surface area contributed by atoms with Crippen molar-refractivity contribution in [3.8, 4) is 0 Å². The molecular weight excluding hydrogens is 416 g/mol. The van der Waals surface area contributed by atoms with E-state index in [2.05, 4.69) is 25.9 Å². The quantitative estimate of drug-likeness (QED) is 0.395. The third kappa shape index (κ3) is 3.28. The van der Waals surface area contributed by atoms with Crippen molar-refractivity contribution >= 4 is 22.7 Å². The van der Waals surface area contributed by atoms with Crippen LogP contribution < -0.4 is 10.3 Å². The molecule has 0 saturated carbocycles. The first-order chi connectivity index (χ1) is 15.6. The molecule has 0 bridgehead atoms. The Morgan fingerprint density at radius 2 is 1.61 bits per heavy atom. The molecule has 5 rings (SSSR count). The van der Waals surface area contributed by atoms with Gasteiger partial charge in [0.05, 0.1) is 17.0 Å². The number of amides is 1. The molecule has 33 heavy (non-hydrogen) atoms. The molecule has 0 radical (unpaired) electrons. The van der Waals surface area contributed by atoms with Gasteiger partial charge >= 0.3 is 0 Å². The third-order valence-corrected chi connectivity index (χ3v) is 6.44. The fourth-order valence-corrected chi connectivity index (χ4v) is 4.41. The van der Waals surface area contributed by atoms with Crippen molar-refractivity contribution in [2.75, 3.05) is 4.90 Å². The largest absolute Gasteiger partial charge is 0.450 e. The maximum Gasteiger partial charge on any atom is 0.296 e. The molecular formula is C27H26N2O4. The summed E-state index contributed by atoms with van der Waals surface area (Å²) in [7, 11) is 0. The first kappa shape index (κ1) is 21.2. The summed E-state index contributed by atoms with van der Waals surface area (Å²) in [6.07, 6.45) is 0. The lowest BCUT2D eigenvalue weighted by atomic mass is 9.86. The molecule has 4 aromatic rings. The van der Waals surface area contributed by atoms with Crippen molar-refractivity contribution in [3.05, 3.63) is 92.0 Å². The van der Waals surface area contributed by atoms with Crippen molar-refractivity contribution in [3.63, 3.8) is 0 Å². The maximum absolute atomic E-state index is 13.7. The maximum atomic E-state index is 13.7. The van der Waals surface area contributed by atoms with E-state index in [0.29, 0.717) is 28.1 Å². The van der Waals surface area contributed by atoms with Gasteiger partial charge in [-0.3, -0.25) is 14.5 Å². The number of aryl methyl sites for hydroxylation is 3. The molecule has 0 spiro atoms. The Morgan fingerprint density at radius 3 is 2.21 bits per heavy atom. The van der Waals surface area contributed by atoms with Crippen molar-refractivity contribution < 1.29 is 13.7 Å². The van der Waals surface area contributed by atoms with Crippen molar-refractivity contribution in [1.82, 2.24) is 5.16 Å². The average Bonchev–Trinajstić information content (AvgIpc) is 3.30. The number of aromatic nitrogens is 1. The molecule has 3 heterocycles. The molecule has 0 fully saturated rings. The van der Waals surface area contributed by atoms with Crippen molar-refractivity contribution in [2.45, 2.75) is 53.0 Å². The summed E-state index contributed by atoms with van der Waals surface area (Å²) in [5.41, 5.74) is 4.49. The van der Waals surface area contributed by atoms with E-state index < -0.39 is 11.9 Å². The zero-order valence-electron chi connectivity index (χ0n) is 19.6. The second-order valence-corrected chi connectivity index (χ2v) is 9.85. The average molecular weight is 443 g/mol. The minimum absolute atomic E-state index is 0.0184. The lowest BCUT2D eigenvalue weighted by Gasteiger charge is -2.24. The van der Waals surface area contributed by atoms with Gasteiger partial charge in [0.25, 0.3) is 5.91 Å². The Hall–Kier alpha value is -3.67. The number of anilines is 1. The van der Waals surface area contributed by atoms with E-state index in [-0.39, 0.29) is 16.6 Å². The van der Waals surface area contributed by atoms with Crippen LogP contribution in [-0.2, 0) is 5.41 Å². The van der Waals surface area contributed by atoms with Crippen LogP contribution in [0.4, 0.5) is 5.82 Å². The number of benzene rings is 2. The van der Waals surface area contributed by atoms with Crippen LogP contribution in [0.5, 0.6) is 0 Å². The standard InChI is InChI=1S/C27H26N2O4/c1-14-11-19-20(12-15(14)2)32-25-22(24(19)30)23(17-7-9-18(10-8-17)27(4,5)6)29(26(25)31)21-13-16(3)33-28-21/h7-13,23H,1-6H3/t23-/m0/s1. The van der Waals surface area contributed by atoms with E-state index >= 15 is 0 Å². The molecule has 1 aliphatic rings. The second-order valence-electron chi connectivity index (χ2n) is 9.85. The molecule has 0 unspecified atom stereocenters. The van der Waals surface area contributed by atoms with Gasteiger partial charge in [0.15, 0.2) is 11.2 Å². The van der Waals surface area contributed by atoms with Crippen LogP contribution >= 0.6 is 0 Å². The zero-order chi connectivity index (χ0) is 23.7. The molecule has 6 heteroatoms. The van der Waals surface area contributed by atoms with Crippen LogP contribution in [0.3, 0.4) is 0 Å². The van der Waals surface area contributed by atoms with Crippen LogP contribution in [-0.4, -0.2) is 11.1 Å². The van der Waals surface area contributed by atoms with Gasteiger partial charge in [-0.05, 0) is 60.6 Å². The SMILES string of the molecule is Cc1cc(N2C(=O)c3oc4cc(C)c(C)cc4c(=O)c3[C@@H]2c2ccc(C(C)(C)C)cc2)no1. The lowest BCUT2D eigenvalue weighted by molar-refractivity contribution is 0.0969. The molecule has 0 N–H and O–H groups in total. The van der Waals surface area contributed by atoms with E-state index in [9.17, 15) is 9.59 Å². The fraction of sp³-hybridized carbons (Fsp3) is 0.296. The first-order valence-corrected chi connectivity index (χ1v) is 11.0. The molecule has 2 aromatic carbocycles. The van der Waals surface area contributed by atoms with Gasteiger partial charge in [0.2, 0.25) is 5.76 Å².